The first kappa shape index (κ1) is 18.3. The average molecular weight is 396 g/mol. The minimum absolute atomic E-state index is 0.159. The smallest absolute Gasteiger partial charge is 0.335 e. The van der Waals surface area contributed by atoms with Crippen LogP contribution in [0.1, 0.15) is 24.2 Å². The molecular formula is C21H18ClN3O3. The Bertz CT molecular complexity index is 1220. The molecule has 28 heavy (non-hydrogen) atoms. The number of aromatic nitrogens is 2. The lowest BCUT2D eigenvalue weighted by Gasteiger charge is -2.24. The molecule has 0 saturated carbocycles. The highest BCUT2D eigenvalue weighted by molar-refractivity contribution is 6.31. The number of hydrogen-bond donors (Lipinski definition) is 1. The first-order valence-electron chi connectivity index (χ1n) is 8.81. The van der Waals surface area contributed by atoms with Crippen LogP contribution in [0.15, 0.2) is 46.9 Å². The lowest BCUT2D eigenvalue weighted by Crippen LogP contribution is -2.27. The second-order valence-corrected chi connectivity index (χ2v) is 7.34. The van der Waals surface area contributed by atoms with Gasteiger partial charge in [-0.25, -0.2) is 14.8 Å². The summed E-state index contributed by atoms with van der Waals surface area (Å²) in [5.74, 6) is 0.201. The highest BCUT2D eigenvalue weighted by Crippen LogP contribution is 2.34. The molecule has 4 aromatic rings. The minimum Gasteiger partial charge on any atom is -0.478 e. The van der Waals surface area contributed by atoms with E-state index in [0.717, 1.165) is 5.39 Å². The van der Waals surface area contributed by atoms with Gasteiger partial charge in [-0.1, -0.05) is 11.6 Å². The van der Waals surface area contributed by atoms with Gasteiger partial charge in [-0.05, 0) is 56.3 Å². The molecule has 0 spiro atoms. The summed E-state index contributed by atoms with van der Waals surface area (Å²) in [6.07, 6.45) is 0. The van der Waals surface area contributed by atoms with E-state index in [0.29, 0.717) is 38.9 Å². The first-order valence-corrected chi connectivity index (χ1v) is 9.18. The van der Waals surface area contributed by atoms with Gasteiger partial charge in [-0.15, -0.1) is 0 Å². The predicted octanol–water partition coefficient (Wildman–Crippen LogP) is 5.24. The van der Waals surface area contributed by atoms with Crippen LogP contribution in [0, 0.1) is 0 Å². The highest BCUT2D eigenvalue weighted by atomic mass is 35.5. The largest absolute Gasteiger partial charge is 0.478 e. The zero-order chi connectivity index (χ0) is 20.0. The van der Waals surface area contributed by atoms with Crippen LogP contribution in [0.25, 0.3) is 33.5 Å². The number of halogens is 1. The molecule has 2 heterocycles. The van der Waals surface area contributed by atoms with Crippen molar-refractivity contribution in [2.75, 3.05) is 11.9 Å². The van der Waals surface area contributed by atoms with Gasteiger partial charge in [0, 0.05) is 23.5 Å². The first-order chi connectivity index (χ1) is 13.3. The standard InChI is InChI=1S/C21H18ClN3O3/c1-11(2)25(3)20-19(18-10-13-8-14(22)5-7-17(13)28-18)23-15-6-4-12(21(26)27)9-16(15)24-20/h4-11H,1-3H3,(H,26,27). The molecule has 0 unspecified atom stereocenters. The summed E-state index contributed by atoms with van der Waals surface area (Å²) in [5.41, 5.74) is 2.59. The number of rotatable bonds is 4. The number of aromatic carboxylic acids is 1. The Balaban J connectivity index is 1.97. The van der Waals surface area contributed by atoms with E-state index in [2.05, 4.69) is 0 Å². The van der Waals surface area contributed by atoms with Gasteiger partial charge >= 0.3 is 5.97 Å². The minimum atomic E-state index is -0.999. The lowest BCUT2D eigenvalue weighted by molar-refractivity contribution is 0.0697. The Morgan fingerprint density at radius 1 is 1.11 bits per heavy atom. The van der Waals surface area contributed by atoms with Gasteiger partial charge in [0.2, 0.25) is 0 Å². The maximum absolute atomic E-state index is 11.3. The van der Waals surface area contributed by atoms with Gasteiger partial charge < -0.3 is 14.4 Å². The number of benzene rings is 2. The molecule has 0 aliphatic rings. The molecule has 0 radical (unpaired) electrons. The van der Waals surface area contributed by atoms with Crippen molar-refractivity contribution in [3.05, 3.63) is 53.1 Å². The number of carbonyl (C=O) groups is 1. The van der Waals surface area contributed by atoms with Crippen molar-refractivity contribution >= 4 is 45.4 Å². The summed E-state index contributed by atoms with van der Waals surface area (Å²) in [4.78, 5) is 22.7. The number of furan rings is 1. The maximum Gasteiger partial charge on any atom is 0.335 e. The quantitative estimate of drug-likeness (QED) is 0.509. The van der Waals surface area contributed by atoms with Crippen LogP contribution in [0.5, 0.6) is 0 Å². The van der Waals surface area contributed by atoms with Crippen LogP contribution in [0.4, 0.5) is 5.82 Å². The topological polar surface area (TPSA) is 79.5 Å². The highest BCUT2D eigenvalue weighted by Gasteiger charge is 2.20. The van der Waals surface area contributed by atoms with Crippen LogP contribution in [0.2, 0.25) is 5.02 Å². The molecule has 4 rings (SSSR count). The number of carboxylic acids is 1. The molecule has 0 aliphatic carbocycles. The van der Waals surface area contributed by atoms with Crippen molar-refractivity contribution in [2.24, 2.45) is 0 Å². The van der Waals surface area contributed by atoms with E-state index in [-0.39, 0.29) is 11.6 Å². The summed E-state index contributed by atoms with van der Waals surface area (Å²) in [6.45, 7) is 4.09. The van der Waals surface area contributed by atoms with Crippen molar-refractivity contribution in [2.45, 2.75) is 19.9 Å². The van der Waals surface area contributed by atoms with Crippen molar-refractivity contribution in [3.8, 4) is 11.5 Å². The van der Waals surface area contributed by atoms with E-state index >= 15 is 0 Å². The monoisotopic (exact) mass is 395 g/mol. The number of hydrogen-bond acceptors (Lipinski definition) is 5. The molecule has 0 atom stereocenters. The van der Waals surface area contributed by atoms with Gasteiger partial charge in [-0.3, -0.25) is 0 Å². The molecule has 0 saturated heterocycles. The molecular weight excluding hydrogens is 378 g/mol. The van der Waals surface area contributed by atoms with E-state index in [9.17, 15) is 9.90 Å². The number of anilines is 1. The van der Waals surface area contributed by atoms with E-state index in [1.807, 2.05) is 44.0 Å². The number of fused-ring (bicyclic) bond motifs is 2. The predicted molar refractivity (Wildman–Crippen MR) is 110 cm³/mol. The van der Waals surface area contributed by atoms with Crippen molar-refractivity contribution in [1.29, 1.82) is 0 Å². The maximum atomic E-state index is 11.3. The third-order valence-electron chi connectivity index (χ3n) is 4.71. The summed E-state index contributed by atoms with van der Waals surface area (Å²) in [6, 6.07) is 12.2. The van der Waals surface area contributed by atoms with Crippen LogP contribution in [0.3, 0.4) is 0 Å². The zero-order valence-corrected chi connectivity index (χ0v) is 16.4. The molecule has 0 fully saturated rings. The molecule has 7 heteroatoms. The van der Waals surface area contributed by atoms with E-state index < -0.39 is 5.97 Å². The second-order valence-electron chi connectivity index (χ2n) is 6.90. The van der Waals surface area contributed by atoms with E-state index in [4.69, 9.17) is 26.0 Å². The van der Waals surface area contributed by atoms with Crippen LogP contribution in [-0.4, -0.2) is 34.1 Å². The molecule has 2 aromatic carbocycles. The van der Waals surface area contributed by atoms with Gasteiger partial charge in [0.15, 0.2) is 11.6 Å². The Morgan fingerprint density at radius 3 is 2.61 bits per heavy atom. The Kier molecular flexibility index (Phi) is 4.43. The third-order valence-corrected chi connectivity index (χ3v) is 4.95. The molecule has 142 valence electrons. The summed E-state index contributed by atoms with van der Waals surface area (Å²) in [7, 11) is 1.92. The lowest BCUT2D eigenvalue weighted by atomic mass is 10.1. The Hall–Kier alpha value is -3.12. The summed E-state index contributed by atoms with van der Waals surface area (Å²) in [5, 5.41) is 10.8. The van der Waals surface area contributed by atoms with Gasteiger partial charge in [0.25, 0.3) is 0 Å². The fourth-order valence-corrected chi connectivity index (χ4v) is 3.15. The average Bonchev–Trinajstić information content (AvgIpc) is 3.08. The van der Waals surface area contributed by atoms with Gasteiger partial charge in [0.05, 0.1) is 16.6 Å². The third kappa shape index (κ3) is 3.16. The zero-order valence-electron chi connectivity index (χ0n) is 15.6. The molecule has 6 nitrogen and oxygen atoms in total. The number of nitrogens with zero attached hydrogens (tertiary/aromatic N) is 3. The molecule has 1 N–H and O–H groups in total. The van der Waals surface area contributed by atoms with Crippen molar-refractivity contribution in [1.82, 2.24) is 9.97 Å². The fourth-order valence-electron chi connectivity index (χ4n) is 2.96. The van der Waals surface area contributed by atoms with Crippen LogP contribution in [-0.2, 0) is 0 Å². The van der Waals surface area contributed by atoms with Crippen LogP contribution < -0.4 is 4.90 Å². The van der Waals surface area contributed by atoms with Crippen molar-refractivity contribution < 1.29 is 14.3 Å². The molecule has 2 aromatic heterocycles. The Morgan fingerprint density at radius 2 is 1.89 bits per heavy atom. The summed E-state index contributed by atoms with van der Waals surface area (Å²) < 4.78 is 6.01. The SMILES string of the molecule is CC(C)N(C)c1nc2cc(C(=O)O)ccc2nc1-c1cc2cc(Cl)ccc2o1. The molecule has 0 bridgehead atoms. The van der Waals surface area contributed by atoms with Crippen LogP contribution >= 0.6 is 11.6 Å². The van der Waals surface area contributed by atoms with Crippen molar-refractivity contribution in [3.63, 3.8) is 0 Å². The second kappa shape index (κ2) is 6.80. The van der Waals surface area contributed by atoms with E-state index in [1.54, 1.807) is 12.1 Å². The number of carboxylic acid groups (broad SMARTS) is 1. The normalized spacial score (nSPS) is 11.5. The van der Waals surface area contributed by atoms with Gasteiger partial charge in [-0.2, -0.15) is 0 Å². The van der Waals surface area contributed by atoms with E-state index in [1.165, 1.54) is 12.1 Å². The Labute approximate surface area is 166 Å². The molecule has 0 aliphatic heterocycles. The summed E-state index contributed by atoms with van der Waals surface area (Å²) >= 11 is 6.09. The fraction of sp³-hybridized carbons (Fsp3) is 0.190. The molecule has 0 amide bonds. The van der Waals surface area contributed by atoms with Gasteiger partial charge in [0.1, 0.15) is 11.3 Å².